The van der Waals surface area contributed by atoms with Crippen molar-refractivity contribution in [3.63, 3.8) is 0 Å². The smallest absolute Gasteiger partial charge is 0.335 e. The first-order valence-corrected chi connectivity index (χ1v) is 23.0. The SMILES string of the molecule is CC(C)[C@H](NC(=O)[C@@H](CO)NC(=O)[C@H]1CCNc2c(NC(=O)CCC(N)=O)cc3cc(O)c(O)cc3[n+]21)C(=O)N[C@H](C(=O)NCC(=O)N[C@H](C(=O)N[C@H](CO)C(=O)N[C@H]1CCCN(O)C1=O)[C@@H](C)O)[C@@H](O)C(=O)O. The third-order valence-corrected chi connectivity index (χ3v) is 11.6. The fourth-order valence-electron chi connectivity index (χ4n) is 7.69. The third-order valence-electron chi connectivity index (χ3n) is 11.6. The van der Waals surface area contributed by atoms with E-state index in [9.17, 15) is 93.7 Å². The number of aliphatic carboxylic acids is 1. The van der Waals surface area contributed by atoms with Crippen LogP contribution < -0.4 is 58.2 Å². The highest BCUT2D eigenvalue weighted by atomic mass is 16.5. The van der Waals surface area contributed by atoms with E-state index >= 15 is 0 Å². The van der Waals surface area contributed by atoms with Crippen LogP contribution in [0.15, 0.2) is 18.2 Å². The predicted molar refractivity (Wildman–Crippen MR) is 248 cm³/mol. The number of hydroxylamine groups is 2. The van der Waals surface area contributed by atoms with E-state index in [-0.39, 0.29) is 61.2 Å². The van der Waals surface area contributed by atoms with Gasteiger partial charge >= 0.3 is 5.97 Å². The summed E-state index contributed by atoms with van der Waals surface area (Å²) in [6.07, 6.45) is -4.51. The molecule has 1 aromatic heterocycles. The molecule has 9 atom stereocenters. The molecule has 0 unspecified atom stereocenters. The highest BCUT2D eigenvalue weighted by Crippen LogP contribution is 2.35. The Labute approximate surface area is 419 Å². The number of fused-ring (bicyclic) bond motifs is 3. The molecule has 2 aliphatic heterocycles. The number of aliphatic hydroxyl groups excluding tert-OH is 4. The van der Waals surface area contributed by atoms with Crippen LogP contribution >= 0.6 is 0 Å². The van der Waals surface area contributed by atoms with Gasteiger partial charge in [-0.1, -0.05) is 13.8 Å². The number of piperidine rings is 1. The molecule has 31 nitrogen and oxygen atoms in total. The number of aliphatic hydroxyl groups is 4. The monoisotopic (exact) mass is 1050 g/mol. The van der Waals surface area contributed by atoms with Crippen molar-refractivity contribution in [2.45, 2.75) is 107 Å². The number of hydrogen-bond donors (Lipinski definition) is 18. The number of carbonyl (C=O) groups excluding carboxylic acids is 10. The number of benzene rings is 1. The van der Waals surface area contributed by atoms with E-state index in [1.807, 2.05) is 10.6 Å². The largest absolute Gasteiger partial charge is 0.504 e. The van der Waals surface area contributed by atoms with Crippen LogP contribution in [0.5, 0.6) is 11.5 Å². The Morgan fingerprint density at radius 2 is 1.39 bits per heavy atom. The zero-order valence-corrected chi connectivity index (χ0v) is 40.1. The van der Waals surface area contributed by atoms with Gasteiger partial charge in [-0.25, -0.2) is 14.4 Å². The topological polar surface area (TPSA) is 491 Å². The number of primary amides is 1. The number of rotatable bonds is 24. The zero-order valence-electron chi connectivity index (χ0n) is 40.1. The average Bonchev–Trinajstić information content (AvgIpc) is 3.34. The summed E-state index contributed by atoms with van der Waals surface area (Å²) < 4.78 is 1.35. The van der Waals surface area contributed by atoms with Crippen molar-refractivity contribution < 1.29 is 98.3 Å². The minimum atomic E-state index is -2.69. The average molecular weight is 1050 g/mol. The molecule has 0 radical (unpaired) electrons. The summed E-state index contributed by atoms with van der Waals surface area (Å²) in [5, 5.41) is 102. The summed E-state index contributed by atoms with van der Waals surface area (Å²) in [6, 6.07) is -8.14. The van der Waals surface area contributed by atoms with E-state index < -0.39 is 157 Å². The molecule has 3 heterocycles. The number of carboxylic acids is 1. The summed E-state index contributed by atoms with van der Waals surface area (Å²) in [7, 11) is 0. The van der Waals surface area contributed by atoms with Crippen LogP contribution in [0.3, 0.4) is 0 Å². The second kappa shape index (κ2) is 26.1. The molecule has 1 fully saturated rings. The number of phenols is 2. The van der Waals surface area contributed by atoms with E-state index in [1.54, 1.807) is 0 Å². The number of anilines is 2. The first-order chi connectivity index (χ1) is 34.8. The molecule has 0 bridgehead atoms. The lowest BCUT2D eigenvalue weighted by molar-refractivity contribution is -0.674. The Bertz CT molecular complexity index is 2510. The van der Waals surface area contributed by atoms with Crippen LogP contribution in [0, 0.1) is 5.92 Å². The second-order valence-corrected chi connectivity index (χ2v) is 17.6. The van der Waals surface area contributed by atoms with E-state index in [0.29, 0.717) is 11.5 Å². The number of carboxylic acid groups (broad SMARTS) is 1. The third kappa shape index (κ3) is 15.0. The summed E-state index contributed by atoms with van der Waals surface area (Å²) in [5.74, 6) is -14.5. The molecule has 406 valence electrons. The minimum Gasteiger partial charge on any atom is -0.504 e. The molecule has 1 aromatic carbocycles. The molecule has 31 heteroatoms. The number of aromatic nitrogens is 1. The van der Waals surface area contributed by atoms with E-state index in [4.69, 9.17) is 5.73 Å². The maximum atomic E-state index is 14.0. The van der Waals surface area contributed by atoms with Gasteiger partial charge < -0.3 is 84.0 Å². The van der Waals surface area contributed by atoms with Gasteiger partial charge in [0.1, 0.15) is 47.5 Å². The molecular weight excluding hydrogens is 989 g/mol. The molecule has 19 N–H and O–H groups in total. The minimum absolute atomic E-state index is 0.00631. The molecular formula is C43H61N12O19+. The summed E-state index contributed by atoms with van der Waals surface area (Å²) >= 11 is 0. The summed E-state index contributed by atoms with van der Waals surface area (Å²) in [5.41, 5.74) is 5.41. The molecule has 74 heavy (non-hydrogen) atoms. The molecule has 4 rings (SSSR count). The van der Waals surface area contributed by atoms with Gasteiger partial charge in [0, 0.05) is 37.3 Å². The van der Waals surface area contributed by atoms with Gasteiger partial charge in [0.25, 0.3) is 17.6 Å². The molecule has 0 saturated carbocycles. The number of phenolic OH excluding ortho intramolecular Hbond substituents is 2. The van der Waals surface area contributed by atoms with Gasteiger partial charge in [-0.3, -0.25) is 58.5 Å². The Hall–Kier alpha value is -8.00. The van der Waals surface area contributed by atoms with Crippen LogP contribution in [-0.4, -0.2) is 192 Å². The first-order valence-electron chi connectivity index (χ1n) is 23.0. The number of aromatic hydroxyl groups is 2. The number of carbonyl (C=O) groups is 11. The Morgan fingerprint density at radius 1 is 0.770 bits per heavy atom. The van der Waals surface area contributed by atoms with E-state index in [0.717, 1.165) is 19.1 Å². The molecule has 0 aliphatic carbocycles. The van der Waals surface area contributed by atoms with Gasteiger partial charge in [0.15, 0.2) is 23.6 Å². The standard InChI is InChI=1S/C43H60N12O19/c1-17(2)31(52-37(66)23(16-57)49-38(67)24-8-9-45-35-21(47-29(62)7-6-28(44)61)11-19-12-26(59)27(60)13-25(19)55(24)35)40(69)53-33(34(64)43(72)73)39(68)46-14-30(63)51-32(18(3)58)41(70)50-22(15-56)36(65)48-20-5-4-10-54(74)42(20)71/h11-13,17-18,20,22-24,31-34,56-58,64,74H,4-10,14-16H2,1-3H3,(H13,44,45,46,47,48,49,50,51,52,53,59,60,61,62,63,65,66,67,68,69,70,72,73)/p+1/t18-,20+,22-,23-,24-,31+,32+,33+,34-/m1/s1. The van der Waals surface area contributed by atoms with Crippen molar-refractivity contribution in [3.05, 3.63) is 18.2 Å². The van der Waals surface area contributed by atoms with E-state index in [2.05, 4.69) is 37.2 Å². The fraction of sp³-hybridized carbons (Fsp3) is 0.535. The Morgan fingerprint density at radius 3 is 2.00 bits per heavy atom. The Balaban J connectivity index is 1.45. The molecule has 10 amide bonds. The maximum absolute atomic E-state index is 14.0. The normalized spacial score (nSPS) is 18.1. The first kappa shape index (κ1) is 58.6. The summed E-state index contributed by atoms with van der Waals surface area (Å²) in [6.45, 7) is 0.799. The summed E-state index contributed by atoms with van der Waals surface area (Å²) in [4.78, 5) is 142. The predicted octanol–water partition coefficient (Wildman–Crippen LogP) is -7.40. The highest BCUT2D eigenvalue weighted by molar-refractivity contribution is 6.00. The number of nitrogens with one attached hydrogen (secondary N) is 9. The zero-order chi connectivity index (χ0) is 55.3. The van der Waals surface area contributed by atoms with Crippen molar-refractivity contribution in [2.24, 2.45) is 11.7 Å². The van der Waals surface area contributed by atoms with Gasteiger partial charge in [-0.15, -0.1) is 0 Å². The van der Waals surface area contributed by atoms with Crippen LogP contribution in [0.1, 0.15) is 58.9 Å². The van der Waals surface area contributed by atoms with Crippen molar-refractivity contribution in [1.82, 2.24) is 42.3 Å². The lowest BCUT2D eigenvalue weighted by atomic mass is 10.0. The van der Waals surface area contributed by atoms with Crippen LogP contribution in [0.4, 0.5) is 11.5 Å². The molecule has 2 aromatic rings. The van der Waals surface area contributed by atoms with Gasteiger partial charge in [-0.05, 0) is 37.8 Å². The number of pyridine rings is 1. The number of hydrogen-bond acceptors (Lipinski definition) is 19. The van der Waals surface area contributed by atoms with Crippen LogP contribution in [0.2, 0.25) is 0 Å². The van der Waals surface area contributed by atoms with Crippen LogP contribution in [-0.2, 0) is 52.7 Å². The lowest BCUT2D eigenvalue weighted by Crippen LogP contribution is -2.63. The van der Waals surface area contributed by atoms with Crippen molar-refractivity contribution in [1.29, 1.82) is 0 Å². The van der Waals surface area contributed by atoms with Crippen molar-refractivity contribution in [3.8, 4) is 11.5 Å². The number of nitrogens with two attached hydrogens (primary N) is 1. The van der Waals surface area contributed by atoms with Crippen LogP contribution in [0.25, 0.3) is 10.9 Å². The Kier molecular flexibility index (Phi) is 20.7. The van der Waals surface area contributed by atoms with Crippen molar-refractivity contribution >= 4 is 87.4 Å². The number of nitrogens with zero attached hydrogens (tertiary/aromatic N) is 2. The van der Waals surface area contributed by atoms with Crippen molar-refractivity contribution in [2.75, 3.05) is 43.5 Å². The fourth-order valence-corrected chi connectivity index (χ4v) is 7.69. The molecule has 1 saturated heterocycles. The van der Waals surface area contributed by atoms with Gasteiger partial charge in [0.05, 0.1) is 32.4 Å². The second-order valence-electron chi connectivity index (χ2n) is 17.6. The molecule has 0 spiro atoms. The number of amides is 10. The maximum Gasteiger partial charge on any atom is 0.335 e. The van der Waals surface area contributed by atoms with Gasteiger partial charge in [0.2, 0.25) is 47.3 Å². The van der Waals surface area contributed by atoms with Gasteiger partial charge in [-0.2, -0.15) is 0 Å². The quantitative estimate of drug-likeness (QED) is 0.0264. The lowest BCUT2D eigenvalue weighted by Gasteiger charge is -2.29. The molecule has 2 aliphatic rings. The van der Waals surface area contributed by atoms with E-state index in [1.165, 1.54) is 24.5 Å². The highest BCUT2D eigenvalue weighted by Gasteiger charge is 2.41.